The number of nitrogens with one attached hydrogen (secondary N) is 1. The van der Waals surface area contributed by atoms with Crippen LogP contribution in [0, 0.1) is 0 Å². The Labute approximate surface area is 212 Å². The number of benzene rings is 3. The first-order valence-corrected chi connectivity index (χ1v) is 12.7. The topological polar surface area (TPSA) is 64.6 Å². The molecule has 0 heterocycles. The van der Waals surface area contributed by atoms with E-state index in [2.05, 4.69) is 41.7 Å². The lowest BCUT2D eigenvalue weighted by atomic mass is 9.98. The predicted molar refractivity (Wildman–Crippen MR) is 140 cm³/mol. The molecule has 5 nitrogen and oxygen atoms in total. The molecule has 1 N–H and O–H groups in total. The molecule has 0 bridgehead atoms. The third-order valence-electron chi connectivity index (χ3n) is 6.77. The van der Waals surface area contributed by atoms with Crippen molar-refractivity contribution >= 4 is 12.1 Å². The van der Waals surface area contributed by atoms with E-state index in [-0.39, 0.29) is 12.5 Å². The second kappa shape index (κ2) is 9.81. The fourth-order valence-electron chi connectivity index (χ4n) is 4.97. The molecule has 1 fully saturated rings. The van der Waals surface area contributed by atoms with Crippen molar-refractivity contribution < 1.29 is 19.1 Å². The van der Waals surface area contributed by atoms with E-state index >= 15 is 0 Å². The molecule has 0 saturated heterocycles. The van der Waals surface area contributed by atoms with Gasteiger partial charge in [-0.1, -0.05) is 72.8 Å². The summed E-state index contributed by atoms with van der Waals surface area (Å²) in [5.74, 6) is 0.103. The molecule has 0 spiro atoms. The minimum absolute atomic E-state index is 0.0432. The zero-order valence-electron chi connectivity index (χ0n) is 21.1. The van der Waals surface area contributed by atoms with Gasteiger partial charge in [-0.05, 0) is 72.9 Å². The first kappa shape index (κ1) is 24.1. The van der Waals surface area contributed by atoms with Crippen LogP contribution in [0.4, 0.5) is 4.79 Å². The summed E-state index contributed by atoms with van der Waals surface area (Å²) in [6.07, 6.45) is 2.14. The maximum Gasteiger partial charge on any atom is 0.407 e. The van der Waals surface area contributed by atoms with Crippen molar-refractivity contribution in [2.75, 3.05) is 6.61 Å². The fraction of sp³-hybridized carbons (Fsp3) is 0.355. The summed E-state index contributed by atoms with van der Waals surface area (Å²) in [4.78, 5) is 26.0. The van der Waals surface area contributed by atoms with Gasteiger partial charge in [0.25, 0.3) is 0 Å². The van der Waals surface area contributed by atoms with Gasteiger partial charge in [0.1, 0.15) is 18.2 Å². The Morgan fingerprint density at radius 2 is 1.56 bits per heavy atom. The van der Waals surface area contributed by atoms with E-state index in [1.54, 1.807) is 0 Å². The lowest BCUT2D eigenvalue weighted by Crippen LogP contribution is -2.46. The first-order chi connectivity index (χ1) is 17.3. The molecule has 1 atom stereocenters. The normalized spacial score (nSPS) is 15.5. The number of ether oxygens (including phenoxy) is 2. The van der Waals surface area contributed by atoms with Crippen molar-refractivity contribution in [2.45, 2.75) is 63.5 Å². The molecule has 36 heavy (non-hydrogen) atoms. The highest BCUT2D eigenvalue weighted by Gasteiger charge is 2.31. The van der Waals surface area contributed by atoms with Crippen LogP contribution in [0.2, 0.25) is 0 Å². The Hall–Kier alpha value is -3.60. The molecule has 2 aliphatic rings. The number of fused-ring (bicyclic) bond motifs is 3. The summed E-state index contributed by atoms with van der Waals surface area (Å²) in [6, 6.07) is 23.8. The van der Waals surface area contributed by atoms with Gasteiger partial charge < -0.3 is 14.8 Å². The van der Waals surface area contributed by atoms with Crippen molar-refractivity contribution in [3.05, 3.63) is 95.1 Å². The van der Waals surface area contributed by atoms with Crippen LogP contribution in [-0.2, 0) is 20.7 Å². The van der Waals surface area contributed by atoms with Crippen molar-refractivity contribution in [3.63, 3.8) is 0 Å². The summed E-state index contributed by atoms with van der Waals surface area (Å²) in [5, 5.41) is 2.79. The van der Waals surface area contributed by atoms with Crippen LogP contribution in [0.5, 0.6) is 0 Å². The summed E-state index contributed by atoms with van der Waals surface area (Å²) in [7, 11) is 0. The average Bonchev–Trinajstić information content (AvgIpc) is 3.65. The van der Waals surface area contributed by atoms with Gasteiger partial charge in [0.05, 0.1) is 0 Å². The average molecular weight is 484 g/mol. The van der Waals surface area contributed by atoms with E-state index in [1.807, 2.05) is 57.2 Å². The van der Waals surface area contributed by atoms with E-state index in [9.17, 15) is 9.59 Å². The van der Waals surface area contributed by atoms with E-state index in [1.165, 1.54) is 29.5 Å². The van der Waals surface area contributed by atoms with Crippen LogP contribution in [-0.4, -0.2) is 30.3 Å². The molecule has 5 heteroatoms. The molecule has 5 rings (SSSR count). The van der Waals surface area contributed by atoms with E-state index in [0.29, 0.717) is 12.3 Å². The lowest BCUT2D eigenvalue weighted by molar-refractivity contribution is -0.157. The van der Waals surface area contributed by atoms with E-state index in [4.69, 9.17) is 9.47 Å². The summed E-state index contributed by atoms with van der Waals surface area (Å²) >= 11 is 0. The molecule has 1 saturated carbocycles. The van der Waals surface area contributed by atoms with Crippen molar-refractivity contribution in [1.29, 1.82) is 0 Å². The minimum Gasteiger partial charge on any atom is -0.458 e. The van der Waals surface area contributed by atoms with Crippen LogP contribution in [0.15, 0.2) is 72.8 Å². The number of alkyl carbamates (subject to hydrolysis) is 1. The van der Waals surface area contributed by atoms with Crippen LogP contribution < -0.4 is 5.32 Å². The Bertz CT molecular complexity index is 1230. The van der Waals surface area contributed by atoms with Crippen molar-refractivity contribution in [1.82, 2.24) is 5.32 Å². The number of carbonyl (C=O) groups excluding carboxylic acids is 2. The van der Waals surface area contributed by atoms with Gasteiger partial charge >= 0.3 is 12.1 Å². The number of esters is 1. The third-order valence-corrected chi connectivity index (χ3v) is 6.77. The molecule has 186 valence electrons. The van der Waals surface area contributed by atoms with Crippen molar-refractivity contribution in [3.8, 4) is 11.1 Å². The second-order valence-corrected chi connectivity index (χ2v) is 10.8. The smallest absolute Gasteiger partial charge is 0.407 e. The molecule has 3 aromatic rings. The van der Waals surface area contributed by atoms with Crippen molar-refractivity contribution in [2.24, 2.45) is 0 Å². The SMILES string of the molecule is CC(C)(C)OC(=O)C(Cc1cccc(C2CC2)c1)NC(=O)OCC1c2ccccc2-c2ccccc21. The van der Waals surface area contributed by atoms with Crippen LogP contribution in [0.1, 0.15) is 67.7 Å². The number of hydrogen-bond donors (Lipinski definition) is 1. The molecule has 2 aliphatic carbocycles. The molecular formula is C31H33NO4. The third kappa shape index (κ3) is 5.46. The van der Waals surface area contributed by atoms with E-state index < -0.39 is 23.7 Å². The quantitative estimate of drug-likeness (QED) is 0.398. The monoisotopic (exact) mass is 483 g/mol. The predicted octanol–water partition coefficient (Wildman–Crippen LogP) is 6.36. The Morgan fingerprint density at radius 3 is 2.17 bits per heavy atom. The number of amides is 1. The maximum atomic E-state index is 13.0. The molecule has 1 amide bonds. The largest absolute Gasteiger partial charge is 0.458 e. The minimum atomic E-state index is -0.839. The zero-order valence-corrected chi connectivity index (χ0v) is 21.1. The Balaban J connectivity index is 1.29. The molecule has 0 radical (unpaired) electrons. The fourth-order valence-corrected chi connectivity index (χ4v) is 4.97. The molecule has 3 aromatic carbocycles. The molecule has 0 aliphatic heterocycles. The summed E-state index contributed by atoms with van der Waals surface area (Å²) in [5.41, 5.74) is 6.26. The highest BCUT2D eigenvalue weighted by Crippen LogP contribution is 2.44. The van der Waals surface area contributed by atoms with Crippen LogP contribution >= 0.6 is 0 Å². The number of hydrogen-bond acceptors (Lipinski definition) is 4. The summed E-state index contributed by atoms with van der Waals surface area (Å²) in [6.45, 7) is 5.66. The standard InChI is InChI=1S/C31H33NO4/c1-31(2,3)36-29(33)28(18-20-9-8-10-22(17-20)21-15-16-21)32-30(34)35-19-27-25-13-6-4-11-23(25)24-12-5-7-14-26(24)27/h4-14,17,21,27-28H,15-16,18-19H2,1-3H3,(H,32,34). The lowest BCUT2D eigenvalue weighted by Gasteiger charge is -2.25. The second-order valence-electron chi connectivity index (χ2n) is 10.8. The van der Waals surface area contributed by atoms with Gasteiger partial charge in [-0.2, -0.15) is 0 Å². The van der Waals surface area contributed by atoms with Gasteiger partial charge in [-0.15, -0.1) is 0 Å². The van der Waals surface area contributed by atoms with Gasteiger partial charge in [-0.3, -0.25) is 0 Å². The van der Waals surface area contributed by atoms with Gasteiger partial charge in [0.2, 0.25) is 0 Å². The highest BCUT2D eigenvalue weighted by molar-refractivity contribution is 5.82. The first-order valence-electron chi connectivity index (χ1n) is 12.7. The number of rotatable bonds is 7. The molecule has 1 unspecified atom stereocenters. The summed E-state index contributed by atoms with van der Waals surface area (Å²) < 4.78 is 11.3. The molecular weight excluding hydrogens is 450 g/mol. The van der Waals surface area contributed by atoms with Gasteiger partial charge in [0, 0.05) is 12.3 Å². The van der Waals surface area contributed by atoms with Crippen LogP contribution in [0.3, 0.4) is 0 Å². The Morgan fingerprint density at radius 1 is 0.917 bits per heavy atom. The van der Waals surface area contributed by atoms with Gasteiger partial charge in [-0.25, -0.2) is 9.59 Å². The number of carbonyl (C=O) groups is 2. The molecule has 0 aromatic heterocycles. The zero-order chi connectivity index (χ0) is 25.3. The highest BCUT2D eigenvalue weighted by atomic mass is 16.6. The van der Waals surface area contributed by atoms with Crippen LogP contribution in [0.25, 0.3) is 11.1 Å². The maximum absolute atomic E-state index is 13.0. The Kier molecular flexibility index (Phi) is 6.57. The van der Waals surface area contributed by atoms with E-state index in [0.717, 1.165) is 16.7 Å². The van der Waals surface area contributed by atoms with Gasteiger partial charge in [0.15, 0.2) is 0 Å².